The molecule has 0 bridgehead atoms. The minimum atomic E-state index is 0.516. The molecule has 1 atom stereocenters. The van der Waals surface area contributed by atoms with Gasteiger partial charge in [-0.15, -0.1) is 0 Å². The van der Waals surface area contributed by atoms with E-state index in [1.165, 1.54) is 9.99 Å². The number of benzene rings is 1. The van der Waals surface area contributed by atoms with Gasteiger partial charge in [0.05, 0.1) is 11.4 Å². The largest absolute Gasteiger partial charge is 0.397 e. The van der Waals surface area contributed by atoms with Gasteiger partial charge in [-0.3, -0.25) is 0 Å². The van der Waals surface area contributed by atoms with Crippen LogP contribution in [0.1, 0.15) is 27.2 Å². The number of nitrogens with zero attached hydrogens (tertiary/aromatic N) is 1. The molecule has 0 aromatic heterocycles. The zero-order valence-electron chi connectivity index (χ0n) is 10.5. The molecule has 0 aliphatic carbocycles. The lowest BCUT2D eigenvalue weighted by Gasteiger charge is -2.29. The third-order valence-electron chi connectivity index (χ3n) is 2.84. The van der Waals surface area contributed by atoms with Crippen molar-refractivity contribution < 1.29 is 0 Å². The van der Waals surface area contributed by atoms with Gasteiger partial charge in [-0.25, -0.2) is 0 Å². The molecule has 1 rings (SSSR count). The van der Waals surface area contributed by atoms with Crippen molar-refractivity contribution in [2.75, 3.05) is 17.7 Å². The first-order valence-electron chi connectivity index (χ1n) is 5.69. The van der Waals surface area contributed by atoms with Gasteiger partial charge < -0.3 is 10.6 Å². The second-order valence-corrected chi connectivity index (χ2v) is 6.04. The quantitative estimate of drug-likeness (QED) is 0.672. The summed E-state index contributed by atoms with van der Waals surface area (Å²) >= 11 is 2.28. The summed E-state index contributed by atoms with van der Waals surface area (Å²) in [7, 11) is 2.12. The molecule has 0 aliphatic heterocycles. The van der Waals surface area contributed by atoms with Crippen molar-refractivity contribution in [3.05, 3.63) is 21.8 Å². The van der Waals surface area contributed by atoms with Gasteiger partial charge in [0.25, 0.3) is 0 Å². The Labute approximate surface area is 112 Å². The Morgan fingerprint density at radius 2 is 1.94 bits per heavy atom. The molecule has 2 nitrogen and oxygen atoms in total. The summed E-state index contributed by atoms with van der Waals surface area (Å²) in [5.41, 5.74) is 8.04. The van der Waals surface area contributed by atoms with E-state index in [1.807, 2.05) is 6.07 Å². The van der Waals surface area contributed by atoms with Crippen LogP contribution >= 0.6 is 22.6 Å². The number of anilines is 2. The van der Waals surface area contributed by atoms with Crippen LogP contribution in [-0.4, -0.2) is 13.1 Å². The summed E-state index contributed by atoms with van der Waals surface area (Å²) in [6, 6.07) is 6.75. The van der Waals surface area contributed by atoms with Gasteiger partial charge in [-0.2, -0.15) is 0 Å². The number of hydrogen-bond acceptors (Lipinski definition) is 2. The van der Waals surface area contributed by atoms with E-state index >= 15 is 0 Å². The van der Waals surface area contributed by atoms with Crippen molar-refractivity contribution in [1.29, 1.82) is 0 Å². The Bertz CT molecular complexity index is 350. The van der Waals surface area contributed by atoms with E-state index in [0.717, 1.165) is 11.4 Å². The van der Waals surface area contributed by atoms with Crippen molar-refractivity contribution in [1.82, 2.24) is 0 Å². The highest BCUT2D eigenvalue weighted by Crippen LogP contribution is 2.27. The maximum Gasteiger partial charge on any atom is 0.0600 e. The zero-order chi connectivity index (χ0) is 12.3. The third-order valence-corrected chi connectivity index (χ3v) is 3.51. The molecule has 0 radical (unpaired) electrons. The van der Waals surface area contributed by atoms with E-state index in [1.54, 1.807) is 0 Å². The first-order valence-corrected chi connectivity index (χ1v) is 6.77. The Hall–Kier alpha value is -0.450. The summed E-state index contributed by atoms with van der Waals surface area (Å²) < 4.78 is 1.18. The average Bonchev–Trinajstić information content (AvgIpc) is 2.15. The minimum Gasteiger partial charge on any atom is -0.397 e. The molecule has 0 heterocycles. The predicted octanol–water partition coefficient (Wildman–Crippen LogP) is 3.74. The molecule has 1 aromatic rings. The third kappa shape index (κ3) is 3.54. The highest BCUT2D eigenvalue weighted by Gasteiger charge is 2.13. The Balaban J connectivity index is 2.83. The summed E-state index contributed by atoms with van der Waals surface area (Å²) in [6.45, 7) is 6.75. The van der Waals surface area contributed by atoms with Gasteiger partial charge in [-0.1, -0.05) is 13.8 Å². The van der Waals surface area contributed by atoms with Crippen LogP contribution in [0, 0.1) is 9.49 Å². The zero-order valence-corrected chi connectivity index (χ0v) is 12.7. The molecule has 0 amide bonds. The van der Waals surface area contributed by atoms with Crippen LogP contribution in [-0.2, 0) is 0 Å². The number of nitrogens with two attached hydrogens (primary N) is 1. The lowest BCUT2D eigenvalue weighted by molar-refractivity contribution is 0.504. The fraction of sp³-hybridized carbons (Fsp3) is 0.538. The summed E-state index contributed by atoms with van der Waals surface area (Å²) in [4.78, 5) is 2.27. The van der Waals surface area contributed by atoms with Crippen molar-refractivity contribution in [2.45, 2.75) is 33.2 Å². The van der Waals surface area contributed by atoms with Gasteiger partial charge in [0.1, 0.15) is 0 Å². The first kappa shape index (κ1) is 13.6. The Morgan fingerprint density at radius 3 is 2.44 bits per heavy atom. The fourth-order valence-electron chi connectivity index (χ4n) is 1.92. The van der Waals surface area contributed by atoms with Gasteiger partial charge in [0.2, 0.25) is 0 Å². The normalized spacial score (nSPS) is 12.9. The first-order chi connectivity index (χ1) is 7.41. The molecule has 0 spiro atoms. The monoisotopic (exact) mass is 332 g/mol. The molecular weight excluding hydrogens is 311 g/mol. The van der Waals surface area contributed by atoms with Gasteiger partial charge in [0.15, 0.2) is 0 Å². The number of hydrogen-bond donors (Lipinski definition) is 1. The Morgan fingerprint density at radius 1 is 1.31 bits per heavy atom. The standard InChI is InChI=1S/C13H21IN2/c1-9(2)7-10(3)16(4)13-6-5-11(14)8-12(13)15/h5-6,8-10H,7,15H2,1-4H3. The van der Waals surface area contributed by atoms with Crippen LogP contribution in [0.4, 0.5) is 11.4 Å². The van der Waals surface area contributed by atoms with Crippen LogP contribution in [0.25, 0.3) is 0 Å². The number of nitrogen functional groups attached to an aromatic ring is 1. The SMILES string of the molecule is CC(C)CC(C)N(C)c1ccc(I)cc1N. The number of rotatable bonds is 4. The minimum absolute atomic E-state index is 0.516. The van der Waals surface area contributed by atoms with Crippen LogP contribution in [0.5, 0.6) is 0 Å². The fourth-order valence-corrected chi connectivity index (χ4v) is 2.44. The van der Waals surface area contributed by atoms with Crippen molar-refractivity contribution in [3.8, 4) is 0 Å². The van der Waals surface area contributed by atoms with Crippen LogP contribution in [0.15, 0.2) is 18.2 Å². The van der Waals surface area contributed by atoms with E-state index in [-0.39, 0.29) is 0 Å². The second-order valence-electron chi connectivity index (χ2n) is 4.79. The maximum absolute atomic E-state index is 6.04. The summed E-state index contributed by atoms with van der Waals surface area (Å²) in [5.74, 6) is 0.711. The topological polar surface area (TPSA) is 29.3 Å². The molecular formula is C13H21IN2. The molecule has 0 fully saturated rings. The second kappa shape index (κ2) is 5.75. The van der Waals surface area contributed by atoms with Crippen molar-refractivity contribution in [2.24, 2.45) is 5.92 Å². The lowest BCUT2D eigenvalue weighted by atomic mass is 10.0. The summed E-state index contributed by atoms with van der Waals surface area (Å²) in [5, 5.41) is 0. The molecule has 1 aromatic carbocycles. The van der Waals surface area contributed by atoms with E-state index in [0.29, 0.717) is 12.0 Å². The predicted molar refractivity (Wildman–Crippen MR) is 80.9 cm³/mol. The molecule has 2 N–H and O–H groups in total. The molecule has 3 heteroatoms. The van der Waals surface area contributed by atoms with E-state index in [9.17, 15) is 0 Å². The van der Waals surface area contributed by atoms with Crippen LogP contribution in [0.3, 0.4) is 0 Å². The molecule has 0 aliphatic rings. The highest BCUT2D eigenvalue weighted by molar-refractivity contribution is 14.1. The van der Waals surface area contributed by atoms with Gasteiger partial charge in [0, 0.05) is 16.7 Å². The van der Waals surface area contributed by atoms with Gasteiger partial charge >= 0.3 is 0 Å². The highest BCUT2D eigenvalue weighted by atomic mass is 127. The van der Waals surface area contributed by atoms with Gasteiger partial charge in [-0.05, 0) is 60.1 Å². The lowest BCUT2D eigenvalue weighted by Crippen LogP contribution is -2.30. The van der Waals surface area contributed by atoms with Crippen LogP contribution < -0.4 is 10.6 Å². The van der Waals surface area contributed by atoms with E-state index < -0.39 is 0 Å². The molecule has 90 valence electrons. The molecule has 16 heavy (non-hydrogen) atoms. The van der Waals surface area contributed by atoms with Crippen LogP contribution in [0.2, 0.25) is 0 Å². The Kier molecular flexibility index (Phi) is 4.89. The van der Waals surface area contributed by atoms with Crippen molar-refractivity contribution >= 4 is 34.0 Å². The average molecular weight is 332 g/mol. The van der Waals surface area contributed by atoms with E-state index in [2.05, 4.69) is 67.4 Å². The summed E-state index contributed by atoms with van der Waals surface area (Å²) in [6.07, 6.45) is 1.18. The molecule has 0 saturated heterocycles. The maximum atomic E-state index is 6.04. The molecule has 1 unspecified atom stereocenters. The molecule has 0 saturated carbocycles. The number of halogens is 1. The van der Waals surface area contributed by atoms with E-state index in [4.69, 9.17) is 5.73 Å². The van der Waals surface area contributed by atoms with Crippen molar-refractivity contribution in [3.63, 3.8) is 0 Å². The smallest absolute Gasteiger partial charge is 0.0600 e.